The van der Waals surface area contributed by atoms with E-state index in [2.05, 4.69) is 20.6 Å². The van der Waals surface area contributed by atoms with E-state index in [1.165, 1.54) is 4.85 Å². The minimum atomic E-state index is -0.636. The number of piperazine rings is 1. The van der Waals surface area contributed by atoms with E-state index in [1.807, 2.05) is 6.92 Å². The van der Waals surface area contributed by atoms with E-state index in [9.17, 15) is 4.79 Å². The maximum atomic E-state index is 10.9. The SMILES string of the molecule is CCOn1nc(N2CCNCC2)cc1NC(N)=O.Cl.Cl.Cl. The van der Waals surface area contributed by atoms with E-state index in [0.717, 1.165) is 32.0 Å². The second-order valence-corrected chi connectivity index (χ2v) is 3.90. The van der Waals surface area contributed by atoms with Crippen LogP contribution in [0, 0.1) is 0 Å². The first-order valence-corrected chi connectivity index (χ1v) is 5.96. The summed E-state index contributed by atoms with van der Waals surface area (Å²) in [5.74, 6) is 1.21. The third-order valence-electron chi connectivity index (χ3n) is 2.61. The summed E-state index contributed by atoms with van der Waals surface area (Å²) in [7, 11) is 0. The molecule has 1 aromatic rings. The van der Waals surface area contributed by atoms with E-state index in [1.54, 1.807) is 6.07 Å². The van der Waals surface area contributed by atoms with Crippen molar-refractivity contribution in [2.24, 2.45) is 5.73 Å². The van der Waals surface area contributed by atoms with Crippen molar-refractivity contribution in [2.75, 3.05) is 43.0 Å². The average Bonchev–Trinajstić information content (AvgIpc) is 2.73. The first-order chi connectivity index (χ1) is 8.70. The number of nitrogens with one attached hydrogen (secondary N) is 2. The van der Waals surface area contributed by atoms with Crippen molar-refractivity contribution in [1.29, 1.82) is 0 Å². The smallest absolute Gasteiger partial charge is 0.317 e. The first kappa shape index (κ1) is 22.2. The fraction of sp³-hybridized carbons (Fsp3) is 0.600. The molecule has 0 spiro atoms. The number of carbonyl (C=O) groups excluding carboxylic acids is 1. The molecule has 124 valence electrons. The lowest BCUT2D eigenvalue weighted by Gasteiger charge is -2.26. The van der Waals surface area contributed by atoms with Gasteiger partial charge in [-0.05, 0) is 6.92 Å². The molecule has 21 heavy (non-hydrogen) atoms. The van der Waals surface area contributed by atoms with Gasteiger partial charge < -0.3 is 20.8 Å². The van der Waals surface area contributed by atoms with E-state index in [4.69, 9.17) is 10.6 Å². The van der Waals surface area contributed by atoms with Gasteiger partial charge in [-0.15, -0.1) is 42.3 Å². The molecule has 4 N–H and O–H groups in total. The fourth-order valence-corrected chi connectivity index (χ4v) is 1.83. The molecule has 0 saturated carbocycles. The van der Waals surface area contributed by atoms with Gasteiger partial charge in [-0.1, -0.05) is 4.85 Å². The highest BCUT2D eigenvalue weighted by Gasteiger charge is 2.17. The summed E-state index contributed by atoms with van der Waals surface area (Å²) in [6, 6.07) is 1.12. The number of carbonyl (C=O) groups is 1. The van der Waals surface area contributed by atoms with E-state index < -0.39 is 6.03 Å². The summed E-state index contributed by atoms with van der Waals surface area (Å²) < 4.78 is 0. The number of anilines is 2. The Morgan fingerprint density at radius 3 is 2.57 bits per heavy atom. The Labute approximate surface area is 141 Å². The zero-order valence-corrected chi connectivity index (χ0v) is 14.0. The van der Waals surface area contributed by atoms with Crippen LogP contribution in [0.25, 0.3) is 0 Å². The minimum absolute atomic E-state index is 0. The van der Waals surface area contributed by atoms with Gasteiger partial charge in [-0.2, -0.15) is 0 Å². The molecule has 11 heteroatoms. The van der Waals surface area contributed by atoms with Gasteiger partial charge in [-0.25, -0.2) is 4.79 Å². The first-order valence-electron chi connectivity index (χ1n) is 5.96. The fourth-order valence-electron chi connectivity index (χ4n) is 1.83. The number of halogens is 3. The molecule has 0 aliphatic carbocycles. The Bertz CT molecular complexity index is 425. The molecular formula is C10H21Cl3N6O2. The van der Waals surface area contributed by atoms with Crippen LogP contribution >= 0.6 is 37.2 Å². The number of urea groups is 1. The van der Waals surface area contributed by atoms with Crippen LogP contribution in [-0.4, -0.2) is 48.8 Å². The molecular weight excluding hydrogens is 343 g/mol. The predicted molar refractivity (Wildman–Crippen MR) is 89.4 cm³/mol. The Kier molecular flexibility index (Phi) is 11.2. The van der Waals surface area contributed by atoms with Crippen molar-refractivity contribution in [3.05, 3.63) is 6.07 Å². The van der Waals surface area contributed by atoms with Gasteiger partial charge in [0.15, 0.2) is 11.6 Å². The van der Waals surface area contributed by atoms with Crippen LogP contribution in [0.15, 0.2) is 6.07 Å². The second-order valence-electron chi connectivity index (χ2n) is 3.90. The predicted octanol–water partition coefficient (Wildman–Crippen LogP) is 0.497. The monoisotopic (exact) mass is 362 g/mol. The summed E-state index contributed by atoms with van der Waals surface area (Å²) in [5.41, 5.74) is 5.11. The van der Waals surface area contributed by atoms with Gasteiger partial charge in [0.1, 0.15) is 6.61 Å². The summed E-state index contributed by atoms with van der Waals surface area (Å²) in [4.78, 5) is 19.6. The molecule has 0 radical (unpaired) electrons. The normalized spacial score (nSPS) is 13.3. The van der Waals surface area contributed by atoms with Gasteiger partial charge in [0, 0.05) is 32.2 Å². The van der Waals surface area contributed by atoms with Crippen molar-refractivity contribution in [3.8, 4) is 0 Å². The van der Waals surface area contributed by atoms with Crippen LogP contribution in [0.4, 0.5) is 16.4 Å². The largest absolute Gasteiger partial charge is 0.395 e. The lowest BCUT2D eigenvalue weighted by Crippen LogP contribution is -2.43. The third kappa shape index (κ3) is 6.04. The Morgan fingerprint density at radius 2 is 2.05 bits per heavy atom. The summed E-state index contributed by atoms with van der Waals surface area (Å²) in [5, 5.41) is 10.1. The number of amides is 2. The zero-order chi connectivity index (χ0) is 13.0. The van der Waals surface area contributed by atoms with Crippen LogP contribution in [0.5, 0.6) is 0 Å². The molecule has 1 aliphatic rings. The molecule has 0 atom stereocenters. The molecule has 2 amide bonds. The molecule has 1 saturated heterocycles. The molecule has 8 nitrogen and oxygen atoms in total. The van der Waals surface area contributed by atoms with Crippen molar-refractivity contribution in [2.45, 2.75) is 6.92 Å². The Morgan fingerprint density at radius 1 is 1.43 bits per heavy atom. The standard InChI is InChI=1S/C10H18N6O2.3ClH/c1-2-18-16-8(13-10(11)17)7-9(14-16)15-5-3-12-4-6-15;;;/h7,12H,2-6H2,1H3,(H3,11,13,17);3*1H. The lowest BCUT2D eigenvalue weighted by molar-refractivity contribution is 0.0977. The summed E-state index contributed by atoms with van der Waals surface area (Å²) >= 11 is 0. The third-order valence-corrected chi connectivity index (χ3v) is 2.61. The molecule has 0 bridgehead atoms. The molecule has 1 fully saturated rings. The van der Waals surface area contributed by atoms with Crippen molar-refractivity contribution in [3.63, 3.8) is 0 Å². The lowest BCUT2D eigenvalue weighted by atomic mass is 10.3. The van der Waals surface area contributed by atoms with E-state index >= 15 is 0 Å². The highest BCUT2D eigenvalue weighted by Crippen LogP contribution is 2.18. The number of hydrogen-bond donors (Lipinski definition) is 3. The number of nitrogens with two attached hydrogens (primary N) is 1. The summed E-state index contributed by atoms with van der Waals surface area (Å²) in [6.07, 6.45) is 0. The number of aromatic nitrogens is 2. The highest BCUT2D eigenvalue weighted by atomic mass is 35.5. The van der Waals surface area contributed by atoms with Gasteiger partial charge in [0.25, 0.3) is 0 Å². The topological polar surface area (TPSA) is 97.4 Å². The molecule has 1 aliphatic heterocycles. The van der Waals surface area contributed by atoms with E-state index in [0.29, 0.717) is 12.4 Å². The molecule has 1 aromatic heterocycles. The van der Waals surface area contributed by atoms with Crippen LogP contribution in [0.1, 0.15) is 6.92 Å². The van der Waals surface area contributed by atoms with E-state index in [-0.39, 0.29) is 37.2 Å². The Balaban J connectivity index is 0. The van der Waals surface area contributed by atoms with Gasteiger partial charge in [-0.3, -0.25) is 5.32 Å². The van der Waals surface area contributed by atoms with Crippen LogP contribution in [0.3, 0.4) is 0 Å². The zero-order valence-electron chi connectivity index (χ0n) is 11.6. The highest BCUT2D eigenvalue weighted by molar-refractivity contribution is 5.87. The number of nitrogens with zero attached hydrogens (tertiary/aromatic N) is 3. The number of rotatable bonds is 4. The van der Waals surface area contributed by atoms with Crippen LogP contribution in [0.2, 0.25) is 0 Å². The van der Waals surface area contributed by atoms with Gasteiger partial charge in [0.05, 0.1) is 0 Å². The summed E-state index contributed by atoms with van der Waals surface area (Å²) in [6.45, 7) is 5.88. The quantitative estimate of drug-likeness (QED) is 0.723. The van der Waals surface area contributed by atoms with Gasteiger partial charge >= 0.3 is 6.03 Å². The van der Waals surface area contributed by atoms with Crippen LogP contribution < -0.4 is 26.1 Å². The molecule has 0 unspecified atom stereocenters. The maximum Gasteiger partial charge on any atom is 0.317 e. The number of hydrogen-bond acceptors (Lipinski definition) is 5. The maximum absolute atomic E-state index is 10.9. The second kappa shape index (κ2) is 10.6. The molecule has 2 rings (SSSR count). The average molecular weight is 364 g/mol. The van der Waals surface area contributed by atoms with Crippen molar-refractivity contribution < 1.29 is 9.63 Å². The minimum Gasteiger partial charge on any atom is -0.395 e. The van der Waals surface area contributed by atoms with Gasteiger partial charge in [0.2, 0.25) is 0 Å². The molecule has 0 aromatic carbocycles. The van der Waals surface area contributed by atoms with Crippen molar-refractivity contribution >= 4 is 54.9 Å². The molecule has 2 heterocycles. The van der Waals surface area contributed by atoms with Crippen LogP contribution in [-0.2, 0) is 0 Å². The van der Waals surface area contributed by atoms with Crippen molar-refractivity contribution in [1.82, 2.24) is 15.3 Å². The number of primary amides is 1. The Hall–Kier alpha value is -1.09.